The van der Waals surface area contributed by atoms with E-state index in [1.807, 2.05) is 30.3 Å². The summed E-state index contributed by atoms with van der Waals surface area (Å²) in [7, 11) is 1.22. The Kier molecular flexibility index (Phi) is 3.71. The molecule has 2 rings (SSSR count). The lowest BCUT2D eigenvalue weighted by Crippen LogP contribution is -2.15. The van der Waals surface area contributed by atoms with Crippen molar-refractivity contribution in [1.82, 2.24) is 4.98 Å². The van der Waals surface area contributed by atoms with E-state index in [4.69, 9.17) is 0 Å². The molecule has 0 N–H and O–H groups in total. The second-order valence-electron chi connectivity index (χ2n) is 4.06. The van der Waals surface area contributed by atoms with Crippen LogP contribution in [0.5, 0.6) is 0 Å². The first-order chi connectivity index (χ1) is 9.13. The molecule has 4 heteroatoms. The van der Waals surface area contributed by atoms with Crippen LogP contribution in [0.4, 0.5) is 0 Å². The standard InChI is InChI=1S/C15H13NO3/c1-10(15(18)19-2)13(17)9-12-6-3-5-11-7-4-8-16-14(11)12/h3-8H,1,9H2,2H3. The summed E-state index contributed by atoms with van der Waals surface area (Å²) in [6.45, 7) is 3.46. The van der Waals surface area contributed by atoms with E-state index in [9.17, 15) is 9.59 Å². The number of ether oxygens (including phenoxy) is 1. The maximum atomic E-state index is 11.9. The van der Waals surface area contributed by atoms with Gasteiger partial charge in [-0.25, -0.2) is 4.79 Å². The maximum absolute atomic E-state index is 11.9. The first-order valence-electron chi connectivity index (χ1n) is 5.76. The highest BCUT2D eigenvalue weighted by Crippen LogP contribution is 2.17. The van der Waals surface area contributed by atoms with Crippen LogP contribution in [0.3, 0.4) is 0 Å². The molecule has 1 aromatic carbocycles. The second-order valence-corrected chi connectivity index (χ2v) is 4.06. The molecule has 0 fully saturated rings. The van der Waals surface area contributed by atoms with E-state index in [-0.39, 0.29) is 17.8 Å². The lowest BCUT2D eigenvalue weighted by atomic mass is 10.0. The predicted octanol–water partition coefficient (Wildman–Crippen LogP) is 2.08. The smallest absolute Gasteiger partial charge is 0.340 e. The molecule has 1 aromatic heterocycles. The fourth-order valence-corrected chi connectivity index (χ4v) is 1.83. The van der Waals surface area contributed by atoms with Gasteiger partial charge in [-0.2, -0.15) is 0 Å². The van der Waals surface area contributed by atoms with E-state index in [2.05, 4.69) is 16.3 Å². The molecule has 0 aliphatic heterocycles. The summed E-state index contributed by atoms with van der Waals surface area (Å²) >= 11 is 0. The van der Waals surface area contributed by atoms with Crippen LogP contribution in [0, 0.1) is 0 Å². The summed E-state index contributed by atoms with van der Waals surface area (Å²) in [5.74, 6) is -1.05. The van der Waals surface area contributed by atoms with Crippen LogP contribution >= 0.6 is 0 Å². The van der Waals surface area contributed by atoms with Gasteiger partial charge in [0.05, 0.1) is 18.2 Å². The molecule has 0 unspecified atom stereocenters. The minimum Gasteiger partial charge on any atom is -0.465 e. The summed E-state index contributed by atoms with van der Waals surface area (Å²) in [5.41, 5.74) is 1.39. The van der Waals surface area contributed by atoms with Gasteiger partial charge in [-0.05, 0) is 11.6 Å². The van der Waals surface area contributed by atoms with Crippen molar-refractivity contribution in [1.29, 1.82) is 0 Å². The van der Waals surface area contributed by atoms with Gasteiger partial charge in [-0.3, -0.25) is 9.78 Å². The summed E-state index contributed by atoms with van der Waals surface area (Å²) < 4.78 is 4.48. The Morgan fingerprint density at radius 2 is 2.00 bits per heavy atom. The third-order valence-corrected chi connectivity index (χ3v) is 2.84. The molecule has 2 aromatic rings. The van der Waals surface area contributed by atoms with Crippen LogP contribution < -0.4 is 0 Å². The van der Waals surface area contributed by atoms with Crippen LogP contribution in [0.1, 0.15) is 5.56 Å². The molecule has 0 radical (unpaired) electrons. The number of carbonyl (C=O) groups excluding carboxylic acids is 2. The number of hydrogen-bond acceptors (Lipinski definition) is 4. The van der Waals surface area contributed by atoms with Gasteiger partial charge >= 0.3 is 5.97 Å². The second kappa shape index (κ2) is 5.44. The number of rotatable bonds is 4. The third-order valence-electron chi connectivity index (χ3n) is 2.84. The zero-order valence-electron chi connectivity index (χ0n) is 10.6. The van der Waals surface area contributed by atoms with Crippen LogP contribution in [0.25, 0.3) is 10.9 Å². The largest absolute Gasteiger partial charge is 0.465 e. The lowest BCUT2D eigenvalue weighted by Gasteiger charge is -2.06. The Hall–Kier alpha value is -2.49. The molecule has 19 heavy (non-hydrogen) atoms. The number of ketones is 1. The van der Waals surface area contributed by atoms with Crippen molar-refractivity contribution in [3.05, 3.63) is 54.2 Å². The zero-order chi connectivity index (χ0) is 13.8. The van der Waals surface area contributed by atoms with Gasteiger partial charge in [-0.1, -0.05) is 30.8 Å². The summed E-state index contributed by atoms with van der Waals surface area (Å²) in [6.07, 6.45) is 1.76. The quantitative estimate of drug-likeness (QED) is 0.363. The Bertz CT molecular complexity index is 656. The number of benzene rings is 1. The molecule has 4 nitrogen and oxygen atoms in total. The van der Waals surface area contributed by atoms with E-state index in [0.29, 0.717) is 0 Å². The van der Waals surface area contributed by atoms with E-state index in [0.717, 1.165) is 16.5 Å². The Morgan fingerprint density at radius 3 is 2.74 bits per heavy atom. The van der Waals surface area contributed by atoms with Gasteiger partial charge in [-0.15, -0.1) is 0 Å². The van der Waals surface area contributed by atoms with Gasteiger partial charge in [0.25, 0.3) is 0 Å². The average molecular weight is 255 g/mol. The van der Waals surface area contributed by atoms with Gasteiger partial charge in [0.15, 0.2) is 5.78 Å². The molecule has 96 valence electrons. The average Bonchev–Trinajstić information content (AvgIpc) is 2.46. The number of methoxy groups -OCH3 is 1. The number of pyridine rings is 1. The van der Waals surface area contributed by atoms with Crippen LogP contribution in [0.15, 0.2) is 48.7 Å². The minimum absolute atomic E-state index is 0.0856. The molecular formula is C15H13NO3. The molecule has 0 bridgehead atoms. The number of carbonyl (C=O) groups is 2. The maximum Gasteiger partial charge on any atom is 0.340 e. The SMILES string of the molecule is C=C(C(=O)Cc1cccc2cccnc12)C(=O)OC. The zero-order valence-corrected chi connectivity index (χ0v) is 10.6. The third kappa shape index (κ3) is 2.68. The number of aromatic nitrogens is 1. The van der Waals surface area contributed by atoms with Crippen molar-refractivity contribution in [3.8, 4) is 0 Å². The molecular weight excluding hydrogens is 242 g/mol. The normalized spacial score (nSPS) is 10.2. The van der Waals surface area contributed by atoms with Gasteiger partial charge in [0, 0.05) is 18.0 Å². The number of esters is 1. The first-order valence-corrected chi connectivity index (χ1v) is 5.76. The number of nitrogens with zero attached hydrogens (tertiary/aromatic N) is 1. The number of hydrogen-bond donors (Lipinski definition) is 0. The molecule has 0 amide bonds. The molecule has 0 saturated carbocycles. The van der Waals surface area contributed by atoms with Crippen LogP contribution in [0.2, 0.25) is 0 Å². The van der Waals surface area contributed by atoms with E-state index in [1.165, 1.54) is 7.11 Å². The summed E-state index contributed by atoms with van der Waals surface area (Å²) in [6, 6.07) is 9.35. The van der Waals surface area contributed by atoms with Crippen molar-refractivity contribution < 1.29 is 14.3 Å². The Balaban J connectivity index is 2.29. The van der Waals surface area contributed by atoms with E-state index in [1.54, 1.807) is 6.20 Å². The van der Waals surface area contributed by atoms with Crippen LogP contribution in [-0.4, -0.2) is 23.8 Å². The molecule has 0 aliphatic carbocycles. The van der Waals surface area contributed by atoms with Crippen molar-refractivity contribution in [3.63, 3.8) is 0 Å². The fourth-order valence-electron chi connectivity index (χ4n) is 1.83. The summed E-state index contributed by atoms with van der Waals surface area (Å²) in [5, 5.41) is 0.955. The monoisotopic (exact) mass is 255 g/mol. The molecule has 0 aliphatic rings. The Morgan fingerprint density at radius 1 is 1.26 bits per heavy atom. The number of para-hydroxylation sites is 1. The topological polar surface area (TPSA) is 56.3 Å². The first kappa shape index (κ1) is 13.0. The number of fused-ring (bicyclic) bond motifs is 1. The van der Waals surface area contributed by atoms with Crippen molar-refractivity contribution in [2.24, 2.45) is 0 Å². The van der Waals surface area contributed by atoms with Crippen molar-refractivity contribution in [2.75, 3.05) is 7.11 Å². The van der Waals surface area contributed by atoms with Gasteiger partial charge in [0.2, 0.25) is 0 Å². The van der Waals surface area contributed by atoms with Gasteiger partial charge < -0.3 is 4.74 Å². The highest BCUT2D eigenvalue weighted by atomic mass is 16.5. The van der Waals surface area contributed by atoms with Crippen LogP contribution in [-0.2, 0) is 20.7 Å². The van der Waals surface area contributed by atoms with Crippen molar-refractivity contribution in [2.45, 2.75) is 6.42 Å². The molecule has 1 heterocycles. The molecule has 0 atom stereocenters. The number of Topliss-reactive ketones (excluding diaryl/α,β-unsaturated/α-hetero) is 1. The molecule has 0 spiro atoms. The summed E-state index contributed by atoms with van der Waals surface area (Å²) in [4.78, 5) is 27.4. The minimum atomic E-state index is -0.696. The fraction of sp³-hybridized carbons (Fsp3) is 0.133. The van der Waals surface area contributed by atoms with E-state index < -0.39 is 5.97 Å². The van der Waals surface area contributed by atoms with Crippen molar-refractivity contribution >= 4 is 22.7 Å². The van der Waals surface area contributed by atoms with E-state index >= 15 is 0 Å². The predicted molar refractivity (Wildman–Crippen MR) is 71.6 cm³/mol. The van der Waals surface area contributed by atoms with Gasteiger partial charge in [0.1, 0.15) is 0 Å². The lowest BCUT2D eigenvalue weighted by molar-refractivity contribution is -0.137. The highest BCUT2D eigenvalue weighted by Gasteiger charge is 2.17. The molecule has 0 saturated heterocycles. The highest BCUT2D eigenvalue weighted by molar-refractivity contribution is 6.17. The Labute approximate surface area is 110 Å².